The number of H-pyrrole nitrogens is 1. The molecule has 5 aliphatic rings. The number of thioether (sulfide) groups is 1. The molecule has 5 aromatic rings. The Morgan fingerprint density at radius 1 is 1.06 bits per heavy atom. The third-order valence-electron chi connectivity index (χ3n) is 14.7. The number of aliphatic hydroxyl groups is 1. The average Bonchev–Trinajstić information content (AvgIpc) is 4.05. The van der Waals surface area contributed by atoms with Crippen LogP contribution in [0.4, 0.5) is 11.4 Å². The summed E-state index contributed by atoms with van der Waals surface area (Å²) < 4.78 is 48.5. The zero-order chi connectivity index (χ0) is 46.5. The molecular weight excluding hydrogens is 893 g/mol. The normalized spacial score (nSPS) is 23.2. The van der Waals surface area contributed by atoms with Crippen molar-refractivity contribution in [3.63, 3.8) is 0 Å². The summed E-state index contributed by atoms with van der Waals surface area (Å²) in [5, 5.41) is 27.5. The lowest BCUT2D eigenvalue weighted by atomic mass is 9.60. The molecule has 15 nitrogen and oxygen atoms in total. The SMILES string of the molecule is CCOC[C@@H](NC1CC2(CCN(c3ccc(C(=O)NS(=O)(=O)c4cc5c(c([N+](=O)[O-])c4)S[C@@H](C4CCC(C)(O)CC4)CO5)c(Oc4cnc5[nH]ccc5c4)c3)CC2)C1)c1ccccc1C1CC1. The molecule has 4 heterocycles. The number of amides is 1. The van der Waals surface area contributed by atoms with E-state index in [1.165, 1.54) is 48.0 Å². The van der Waals surface area contributed by atoms with Crippen molar-refractivity contribution >= 4 is 50.1 Å². The van der Waals surface area contributed by atoms with Crippen LogP contribution < -0.4 is 24.4 Å². The van der Waals surface area contributed by atoms with Gasteiger partial charge in [-0.15, -0.1) is 11.8 Å². The topological polar surface area (TPSA) is 198 Å². The van der Waals surface area contributed by atoms with Crippen molar-refractivity contribution in [3.8, 4) is 17.2 Å². The van der Waals surface area contributed by atoms with Crippen LogP contribution in [-0.2, 0) is 14.8 Å². The molecule has 67 heavy (non-hydrogen) atoms. The lowest BCUT2D eigenvalue weighted by Crippen LogP contribution is -2.54. The van der Waals surface area contributed by atoms with Gasteiger partial charge in [-0.1, -0.05) is 24.3 Å². The van der Waals surface area contributed by atoms with Gasteiger partial charge in [0.05, 0.1) is 39.8 Å². The number of rotatable bonds is 15. The van der Waals surface area contributed by atoms with Crippen LogP contribution in [0.1, 0.15) is 112 Å². The maximum absolute atomic E-state index is 14.1. The van der Waals surface area contributed by atoms with Crippen molar-refractivity contribution in [2.24, 2.45) is 11.3 Å². The highest BCUT2D eigenvalue weighted by molar-refractivity contribution is 8.00. The fourth-order valence-electron chi connectivity index (χ4n) is 10.7. The fraction of sp³-hybridized carbons (Fsp3) is 0.480. The Kier molecular flexibility index (Phi) is 12.5. The molecule has 0 bridgehead atoms. The molecule has 1 amide bonds. The van der Waals surface area contributed by atoms with Gasteiger partial charge >= 0.3 is 0 Å². The maximum atomic E-state index is 14.1. The first kappa shape index (κ1) is 45.6. The minimum Gasteiger partial charge on any atom is -0.491 e. The van der Waals surface area contributed by atoms with Crippen LogP contribution in [0.2, 0.25) is 0 Å². The second-order valence-corrected chi connectivity index (χ2v) is 22.4. The Morgan fingerprint density at radius 3 is 2.58 bits per heavy atom. The highest BCUT2D eigenvalue weighted by Gasteiger charge is 2.47. The number of fused-ring (bicyclic) bond motifs is 2. The summed E-state index contributed by atoms with van der Waals surface area (Å²) in [4.78, 5) is 35.5. The summed E-state index contributed by atoms with van der Waals surface area (Å²) in [5.41, 5.74) is 3.36. The number of carbonyl (C=O) groups excluding carboxylic acids is 1. The number of aromatic nitrogens is 2. The number of piperidine rings is 1. The number of pyridine rings is 1. The number of benzene rings is 3. The predicted molar refractivity (Wildman–Crippen MR) is 256 cm³/mol. The Hall–Kier alpha value is -5.20. The number of hydrogen-bond acceptors (Lipinski definition) is 13. The van der Waals surface area contributed by atoms with Crippen LogP contribution in [-0.4, -0.2) is 84.1 Å². The monoisotopic (exact) mass is 950 g/mol. The molecule has 354 valence electrons. The molecule has 4 fully saturated rings. The van der Waals surface area contributed by atoms with Crippen molar-refractivity contribution in [2.75, 3.05) is 37.8 Å². The molecule has 0 radical (unpaired) electrons. The number of ether oxygens (including phenoxy) is 3. The Bertz CT molecular complexity index is 2770. The van der Waals surface area contributed by atoms with E-state index in [9.17, 15) is 28.4 Å². The molecule has 2 aliphatic heterocycles. The van der Waals surface area contributed by atoms with Crippen molar-refractivity contribution in [1.29, 1.82) is 0 Å². The van der Waals surface area contributed by atoms with Gasteiger partial charge in [0.15, 0.2) is 0 Å². The van der Waals surface area contributed by atoms with E-state index in [0.29, 0.717) is 49.4 Å². The summed E-state index contributed by atoms with van der Waals surface area (Å²) >= 11 is 1.31. The van der Waals surface area contributed by atoms with Gasteiger partial charge in [0, 0.05) is 66.5 Å². The van der Waals surface area contributed by atoms with Gasteiger partial charge in [-0.25, -0.2) is 18.1 Å². The van der Waals surface area contributed by atoms with Gasteiger partial charge in [-0.2, -0.15) is 0 Å². The number of aromatic amines is 1. The van der Waals surface area contributed by atoms with Gasteiger partial charge in [-0.05, 0) is 131 Å². The lowest BCUT2D eigenvalue weighted by Gasteiger charge is -2.53. The molecule has 2 aromatic heterocycles. The van der Waals surface area contributed by atoms with Crippen LogP contribution in [0.5, 0.6) is 17.2 Å². The van der Waals surface area contributed by atoms with E-state index >= 15 is 0 Å². The molecule has 3 aliphatic carbocycles. The minimum absolute atomic E-state index is 0.0405. The number of sulfonamides is 1. The number of carbonyl (C=O) groups is 1. The molecule has 10 rings (SSSR count). The van der Waals surface area contributed by atoms with Gasteiger partial charge in [0.25, 0.3) is 21.6 Å². The van der Waals surface area contributed by atoms with Gasteiger partial charge < -0.3 is 34.5 Å². The standard InChI is InChI=1S/C50H58N6O9S2/c1-3-63-29-41(39-7-5-4-6-38(39)31-8-9-31)53-34-26-50(27-34)17-20-55(21-18-50)35-10-11-40(43(23-35)65-36-22-33-14-19-51-47(33)52-28-36)48(57)54-67(61,62)37-24-42(56(59)60)46-44(25-37)64-30-45(66-46)32-12-15-49(2,58)16-13-32/h4-7,10-11,14,19,22-25,28,31-32,34,41,45,53,58H,3,8-9,12-13,15-18,20-21,26-27,29-30H2,1-2H3,(H,51,52)(H,54,57)/t32?,41-,45-,49?/m1/s1. The van der Waals surface area contributed by atoms with Crippen molar-refractivity contribution in [1.82, 2.24) is 20.0 Å². The van der Waals surface area contributed by atoms with E-state index in [-0.39, 0.29) is 51.2 Å². The second-order valence-electron chi connectivity index (χ2n) is 19.5. The lowest BCUT2D eigenvalue weighted by molar-refractivity contribution is -0.388. The number of nitro benzene ring substituents is 1. The fourth-order valence-corrected chi connectivity index (χ4v) is 13.1. The van der Waals surface area contributed by atoms with E-state index in [2.05, 4.69) is 49.2 Å². The average molecular weight is 951 g/mol. The predicted octanol–water partition coefficient (Wildman–Crippen LogP) is 9.17. The molecule has 3 aromatic carbocycles. The van der Waals surface area contributed by atoms with Crippen LogP contribution >= 0.6 is 11.8 Å². The van der Waals surface area contributed by atoms with Gasteiger partial charge in [-0.3, -0.25) is 14.9 Å². The number of hydrogen-bond donors (Lipinski definition) is 4. The van der Waals surface area contributed by atoms with E-state index in [4.69, 9.17) is 14.2 Å². The summed E-state index contributed by atoms with van der Waals surface area (Å²) in [7, 11) is -4.65. The first-order chi connectivity index (χ1) is 32.2. The minimum atomic E-state index is -4.65. The van der Waals surface area contributed by atoms with E-state index in [1.807, 2.05) is 19.9 Å². The summed E-state index contributed by atoms with van der Waals surface area (Å²) in [5.74, 6) is 0.432. The summed E-state index contributed by atoms with van der Waals surface area (Å²) in [6, 6.07) is 20.4. The molecular formula is C50H58N6O9S2. The van der Waals surface area contributed by atoms with Crippen LogP contribution in [0, 0.1) is 21.4 Å². The van der Waals surface area contributed by atoms with E-state index < -0.39 is 37.0 Å². The first-order valence-electron chi connectivity index (χ1n) is 23.6. The van der Waals surface area contributed by atoms with E-state index in [0.717, 1.165) is 68.8 Å². The summed E-state index contributed by atoms with van der Waals surface area (Å²) in [6.45, 7) is 7.02. The largest absolute Gasteiger partial charge is 0.491 e. The number of nitrogens with zero attached hydrogens (tertiary/aromatic N) is 3. The van der Waals surface area contributed by atoms with E-state index in [1.54, 1.807) is 30.5 Å². The first-order valence-corrected chi connectivity index (χ1v) is 26.0. The highest BCUT2D eigenvalue weighted by Crippen LogP contribution is 2.52. The third kappa shape index (κ3) is 9.75. The maximum Gasteiger partial charge on any atom is 0.288 e. The van der Waals surface area contributed by atoms with Crippen molar-refractivity contribution in [3.05, 3.63) is 106 Å². The number of nitrogens with one attached hydrogen (secondary N) is 3. The zero-order valence-corrected chi connectivity index (χ0v) is 39.5. The third-order valence-corrected chi connectivity index (χ3v) is 17.5. The molecule has 1 saturated heterocycles. The van der Waals surface area contributed by atoms with Crippen LogP contribution in [0.25, 0.3) is 11.0 Å². The Morgan fingerprint density at radius 2 is 1.84 bits per heavy atom. The van der Waals surface area contributed by atoms with Gasteiger partial charge in [0.1, 0.15) is 34.4 Å². The van der Waals surface area contributed by atoms with Crippen molar-refractivity contribution < 1.29 is 37.5 Å². The quantitative estimate of drug-likeness (QED) is 0.0573. The molecule has 2 atom stereocenters. The highest BCUT2D eigenvalue weighted by atomic mass is 32.2. The molecule has 1 spiro atoms. The van der Waals surface area contributed by atoms with Gasteiger partial charge in [0.2, 0.25) is 0 Å². The smallest absolute Gasteiger partial charge is 0.288 e. The summed E-state index contributed by atoms with van der Waals surface area (Å²) in [6.07, 6.45) is 12.8. The van der Waals surface area contributed by atoms with Crippen LogP contribution in [0.15, 0.2) is 88.9 Å². The zero-order valence-electron chi connectivity index (χ0n) is 37.9. The number of nitro groups is 1. The molecule has 3 saturated carbocycles. The van der Waals surface area contributed by atoms with Crippen molar-refractivity contribution in [2.45, 2.75) is 117 Å². The second kappa shape index (κ2) is 18.4. The molecule has 0 unspecified atom stereocenters. The molecule has 4 N–H and O–H groups in total. The Balaban J connectivity index is 0.844. The molecule has 17 heteroatoms. The number of anilines is 1. The Labute approximate surface area is 395 Å². The van der Waals surface area contributed by atoms with Crippen LogP contribution in [0.3, 0.4) is 0 Å².